The first-order valence-electron chi connectivity index (χ1n) is 5.48. The number of hydrogen-bond acceptors (Lipinski definition) is 3. The molecule has 1 aliphatic carbocycles. The lowest BCUT2D eigenvalue weighted by Gasteiger charge is -2.06. The molecule has 5 nitrogen and oxygen atoms in total. The molecular formula is C11H13FN2O3S. The van der Waals surface area contributed by atoms with E-state index < -0.39 is 21.7 Å². The first-order valence-corrected chi connectivity index (χ1v) is 7.03. The number of hydrogen-bond donors (Lipinski definition) is 2. The first kappa shape index (κ1) is 13.0. The average molecular weight is 272 g/mol. The zero-order valence-corrected chi connectivity index (χ0v) is 10.3. The quantitative estimate of drug-likeness (QED) is 0.841. The highest BCUT2D eigenvalue weighted by atomic mass is 32.2. The summed E-state index contributed by atoms with van der Waals surface area (Å²) in [5, 5.41) is 7.49. The molecule has 1 amide bonds. The topological polar surface area (TPSA) is 89.3 Å². The van der Waals surface area contributed by atoms with Gasteiger partial charge in [-0.2, -0.15) is 0 Å². The van der Waals surface area contributed by atoms with Crippen molar-refractivity contribution < 1.29 is 17.6 Å². The number of sulfonamides is 1. The van der Waals surface area contributed by atoms with Crippen molar-refractivity contribution in [2.75, 3.05) is 6.54 Å². The molecule has 0 aromatic heterocycles. The number of rotatable bonds is 4. The van der Waals surface area contributed by atoms with Crippen LogP contribution in [0.5, 0.6) is 0 Å². The van der Waals surface area contributed by atoms with Crippen LogP contribution in [-0.2, 0) is 10.0 Å². The van der Waals surface area contributed by atoms with E-state index in [9.17, 15) is 17.6 Å². The van der Waals surface area contributed by atoms with E-state index in [-0.39, 0.29) is 10.5 Å². The van der Waals surface area contributed by atoms with Gasteiger partial charge >= 0.3 is 0 Å². The van der Waals surface area contributed by atoms with Gasteiger partial charge in [-0.3, -0.25) is 4.79 Å². The van der Waals surface area contributed by atoms with Gasteiger partial charge in [0, 0.05) is 6.54 Å². The molecule has 0 bridgehead atoms. The molecule has 1 aromatic carbocycles. The molecule has 2 rings (SSSR count). The van der Waals surface area contributed by atoms with Crippen molar-refractivity contribution in [2.45, 2.75) is 17.7 Å². The Morgan fingerprint density at radius 1 is 1.44 bits per heavy atom. The molecule has 3 N–H and O–H groups in total. The second-order valence-electron chi connectivity index (χ2n) is 4.34. The lowest BCUT2D eigenvalue weighted by atomic mass is 10.2. The Hall–Kier alpha value is -1.47. The SMILES string of the molecule is NS(=O)(=O)c1ccc(F)c(C(=O)NCC2CC2)c1. The van der Waals surface area contributed by atoms with Crippen molar-refractivity contribution >= 4 is 15.9 Å². The highest BCUT2D eigenvalue weighted by Gasteiger charge is 2.23. The molecule has 18 heavy (non-hydrogen) atoms. The largest absolute Gasteiger partial charge is 0.352 e. The number of halogens is 1. The minimum absolute atomic E-state index is 0.277. The standard InChI is InChI=1S/C11H13FN2O3S/c12-10-4-3-8(18(13,16)17)5-9(10)11(15)14-6-7-1-2-7/h3-5,7H,1-2,6H2,(H,14,15)(H2,13,16,17). The highest BCUT2D eigenvalue weighted by molar-refractivity contribution is 7.89. The molecule has 0 spiro atoms. The predicted molar refractivity (Wildman–Crippen MR) is 62.8 cm³/mol. The van der Waals surface area contributed by atoms with Crippen molar-refractivity contribution in [1.29, 1.82) is 0 Å². The average Bonchev–Trinajstić information content (AvgIpc) is 3.08. The van der Waals surface area contributed by atoms with Crippen LogP contribution in [0.1, 0.15) is 23.2 Å². The van der Waals surface area contributed by atoms with Gasteiger partial charge in [-0.1, -0.05) is 0 Å². The van der Waals surface area contributed by atoms with E-state index >= 15 is 0 Å². The number of benzene rings is 1. The molecule has 0 unspecified atom stereocenters. The number of carbonyl (C=O) groups is 1. The number of nitrogens with two attached hydrogens (primary N) is 1. The smallest absolute Gasteiger partial charge is 0.254 e. The molecule has 98 valence electrons. The number of carbonyl (C=O) groups excluding carboxylic acids is 1. The van der Waals surface area contributed by atoms with Gasteiger partial charge in [0.15, 0.2) is 0 Å². The zero-order chi connectivity index (χ0) is 13.3. The summed E-state index contributed by atoms with van der Waals surface area (Å²) in [4.78, 5) is 11.4. The van der Waals surface area contributed by atoms with Crippen LogP contribution in [0.4, 0.5) is 4.39 Å². The molecule has 1 aromatic rings. The monoisotopic (exact) mass is 272 g/mol. The summed E-state index contributed by atoms with van der Waals surface area (Å²) in [7, 11) is -3.94. The van der Waals surface area contributed by atoms with Gasteiger partial charge < -0.3 is 5.32 Å². The second-order valence-corrected chi connectivity index (χ2v) is 5.90. The van der Waals surface area contributed by atoms with E-state index in [0.717, 1.165) is 31.0 Å². The van der Waals surface area contributed by atoms with Crippen LogP contribution < -0.4 is 10.5 Å². The summed E-state index contributed by atoms with van der Waals surface area (Å²) in [5.41, 5.74) is -0.304. The summed E-state index contributed by atoms with van der Waals surface area (Å²) >= 11 is 0. The van der Waals surface area contributed by atoms with Gasteiger partial charge in [-0.15, -0.1) is 0 Å². The van der Waals surface area contributed by atoms with Crippen LogP contribution in [0.3, 0.4) is 0 Å². The Labute approximate surface area is 104 Å². The summed E-state index contributed by atoms with van der Waals surface area (Å²) in [6.07, 6.45) is 2.11. The lowest BCUT2D eigenvalue weighted by molar-refractivity contribution is 0.0947. The van der Waals surface area contributed by atoms with E-state index in [1.54, 1.807) is 0 Å². The van der Waals surface area contributed by atoms with Gasteiger partial charge in [0.05, 0.1) is 10.5 Å². The van der Waals surface area contributed by atoms with Crippen LogP contribution >= 0.6 is 0 Å². The lowest BCUT2D eigenvalue weighted by Crippen LogP contribution is -2.27. The van der Waals surface area contributed by atoms with E-state index in [1.807, 2.05) is 0 Å². The summed E-state index contributed by atoms with van der Waals surface area (Å²) in [5.74, 6) is -0.931. The zero-order valence-electron chi connectivity index (χ0n) is 9.52. The number of amides is 1. The van der Waals surface area contributed by atoms with Crippen LogP contribution in [-0.4, -0.2) is 20.9 Å². The van der Waals surface area contributed by atoms with Crippen LogP contribution in [0, 0.1) is 11.7 Å². The molecule has 0 radical (unpaired) electrons. The summed E-state index contributed by atoms with van der Waals surface area (Å²) in [6, 6.07) is 2.90. The van der Waals surface area contributed by atoms with Crippen molar-refractivity contribution in [3.63, 3.8) is 0 Å². The van der Waals surface area contributed by atoms with Gasteiger partial charge in [0.1, 0.15) is 5.82 Å². The third kappa shape index (κ3) is 3.05. The minimum Gasteiger partial charge on any atom is -0.352 e. The van der Waals surface area contributed by atoms with Crippen molar-refractivity contribution in [3.8, 4) is 0 Å². The normalized spacial score (nSPS) is 15.4. The van der Waals surface area contributed by atoms with Crippen LogP contribution in [0.15, 0.2) is 23.1 Å². The maximum Gasteiger partial charge on any atom is 0.254 e. The van der Waals surface area contributed by atoms with Crippen molar-refractivity contribution in [3.05, 3.63) is 29.6 Å². The Morgan fingerprint density at radius 2 is 2.11 bits per heavy atom. The Morgan fingerprint density at radius 3 is 2.67 bits per heavy atom. The molecule has 0 saturated heterocycles. The van der Waals surface area contributed by atoms with Gasteiger partial charge in [-0.05, 0) is 37.0 Å². The molecule has 0 heterocycles. The van der Waals surface area contributed by atoms with Gasteiger partial charge in [0.2, 0.25) is 10.0 Å². The molecule has 1 aliphatic rings. The molecule has 1 saturated carbocycles. The Bertz CT molecular complexity index is 582. The fraction of sp³-hybridized carbons (Fsp3) is 0.364. The predicted octanol–water partition coefficient (Wildman–Crippen LogP) is 0.613. The third-order valence-electron chi connectivity index (χ3n) is 2.76. The molecule has 0 aliphatic heterocycles. The van der Waals surface area contributed by atoms with Crippen LogP contribution in [0.25, 0.3) is 0 Å². The van der Waals surface area contributed by atoms with E-state index in [0.29, 0.717) is 12.5 Å². The van der Waals surface area contributed by atoms with Crippen molar-refractivity contribution in [2.24, 2.45) is 11.1 Å². The van der Waals surface area contributed by atoms with Gasteiger partial charge in [-0.25, -0.2) is 17.9 Å². The maximum atomic E-state index is 13.5. The molecular weight excluding hydrogens is 259 g/mol. The Balaban J connectivity index is 2.22. The first-order chi connectivity index (χ1) is 8.38. The molecule has 0 atom stereocenters. The molecule has 1 fully saturated rings. The second kappa shape index (κ2) is 4.66. The summed E-state index contributed by atoms with van der Waals surface area (Å²) < 4.78 is 35.7. The van der Waals surface area contributed by atoms with Gasteiger partial charge in [0.25, 0.3) is 5.91 Å². The maximum absolute atomic E-state index is 13.5. The number of nitrogens with one attached hydrogen (secondary N) is 1. The minimum atomic E-state index is -3.94. The van der Waals surface area contributed by atoms with E-state index in [1.165, 1.54) is 0 Å². The highest BCUT2D eigenvalue weighted by Crippen LogP contribution is 2.27. The fourth-order valence-electron chi connectivity index (χ4n) is 1.51. The van der Waals surface area contributed by atoms with E-state index in [2.05, 4.69) is 5.32 Å². The molecule has 7 heteroatoms. The third-order valence-corrected chi connectivity index (χ3v) is 3.67. The van der Waals surface area contributed by atoms with E-state index in [4.69, 9.17) is 5.14 Å². The number of primary sulfonamides is 1. The fourth-order valence-corrected chi connectivity index (χ4v) is 2.05. The van der Waals surface area contributed by atoms with Crippen LogP contribution in [0.2, 0.25) is 0 Å². The van der Waals surface area contributed by atoms with Crippen molar-refractivity contribution in [1.82, 2.24) is 5.32 Å². The summed E-state index contributed by atoms with van der Waals surface area (Å²) in [6.45, 7) is 0.484. The Kier molecular flexibility index (Phi) is 3.36.